The summed E-state index contributed by atoms with van der Waals surface area (Å²) in [6.45, 7) is 10.9. The SMILES string of the molecule is CCN(CC)C(CNC(=O)C(C)N1CCCCCC1)c1cccc(OC)c1. The van der Waals surface area contributed by atoms with Crippen LogP contribution in [0.1, 0.15) is 58.1 Å². The van der Waals surface area contributed by atoms with Crippen molar-refractivity contribution in [3.63, 3.8) is 0 Å². The second kappa shape index (κ2) is 11.3. The van der Waals surface area contributed by atoms with E-state index < -0.39 is 0 Å². The lowest BCUT2D eigenvalue weighted by Gasteiger charge is -2.32. The van der Waals surface area contributed by atoms with E-state index in [1.54, 1.807) is 7.11 Å². The van der Waals surface area contributed by atoms with Crippen LogP contribution in [-0.2, 0) is 4.79 Å². The summed E-state index contributed by atoms with van der Waals surface area (Å²) in [5, 5.41) is 3.22. The van der Waals surface area contributed by atoms with Crippen LogP contribution in [0.25, 0.3) is 0 Å². The number of nitrogens with one attached hydrogen (secondary N) is 1. The molecular weight excluding hydrogens is 338 g/mol. The fourth-order valence-electron chi connectivity index (χ4n) is 3.96. The summed E-state index contributed by atoms with van der Waals surface area (Å²) in [5.74, 6) is 0.992. The average molecular weight is 376 g/mol. The van der Waals surface area contributed by atoms with Crippen LogP contribution in [0.4, 0.5) is 0 Å². The van der Waals surface area contributed by atoms with Gasteiger partial charge in [0.25, 0.3) is 0 Å². The molecule has 1 heterocycles. The molecule has 1 aromatic rings. The minimum Gasteiger partial charge on any atom is -0.497 e. The van der Waals surface area contributed by atoms with Crippen LogP contribution in [0.3, 0.4) is 0 Å². The van der Waals surface area contributed by atoms with Crippen molar-refractivity contribution in [2.24, 2.45) is 0 Å². The Morgan fingerprint density at radius 1 is 1.19 bits per heavy atom. The van der Waals surface area contributed by atoms with E-state index in [1.807, 2.05) is 19.1 Å². The average Bonchev–Trinajstić information content (AvgIpc) is 2.99. The Labute approximate surface area is 165 Å². The number of methoxy groups -OCH3 is 1. The molecule has 0 radical (unpaired) electrons. The van der Waals surface area contributed by atoms with Crippen LogP contribution >= 0.6 is 0 Å². The monoisotopic (exact) mass is 375 g/mol. The first-order valence-corrected chi connectivity index (χ1v) is 10.5. The number of amides is 1. The number of ether oxygens (including phenoxy) is 1. The van der Waals surface area contributed by atoms with Gasteiger partial charge in [-0.2, -0.15) is 0 Å². The van der Waals surface area contributed by atoms with Gasteiger partial charge < -0.3 is 10.1 Å². The van der Waals surface area contributed by atoms with E-state index in [9.17, 15) is 4.79 Å². The number of carbonyl (C=O) groups excluding carboxylic acids is 1. The maximum absolute atomic E-state index is 12.8. The van der Waals surface area contributed by atoms with Crippen molar-refractivity contribution in [3.8, 4) is 5.75 Å². The zero-order valence-electron chi connectivity index (χ0n) is 17.5. The van der Waals surface area contributed by atoms with Gasteiger partial charge in [0, 0.05) is 6.54 Å². The number of benzene rings is 1. The third-order valence-electron chi connectivity index (χ3n) is 5.77. The molecule has 1 aliphatic rings. The fourth-order valence-corrected chi connectivity index (χ4v) is 3.96. The van der Waals surface area contributed by atoms with Crippen molar-refractivity contribution in [2.45, 2.75) is 58.5 Å². The maximum Gasteiger partial charge on any atom is 0.237 e. The molecule has 1 saturated heterocycles. The highest BCUT2D eigenvalue weighted by atomic mass is 16.5. The summed E-state index contributed by atoms with van der Waals surface area (Å²) < 4.78 is 5.39. The second-order valence-corrected chi connectivity index (χ2v) is 7.38. The van der Waals surface area contributed by atoms with Crippen molar-refractivity contribution in [3.05, 3.63) is 29.8 Å². The number of hydrogen-bond acceptors (Lipinski definition) is 4. The molecule has 27 heavy (non-hydrogen) atoms. The summed E-state index contributed by atoms with van der Waals surface area (Å²) in [4.78, 5) is 17.5. The van der Waals surface area contributed by atoms with Gasteiger partial charge in [-0.15, -0.1) is 0 Å². The number of likely N-dealkylation sites (N-methyl/N-ethyl adjacent to an activating group) is 1. The van der Waals surface area contributed by atoms with E-state index in [-0.39, 0.29) is 18.0 Å². The zero-order valence-corrected chi connectivity index (χ0v) is 17.5. The van der Waals surface area contributed by atoms with Crippen molar-refractivity contribution in [1.29, 1.82) is 0 Å². The highest BCUT2D eigenvalue weighted by Gasteiger charge is 2.24. The number of likely N-dealkylation sites (tertiary alicyclic amines) is 1. The largest absolute Gasteiger partial charge is 0.497 e. The molecule has 0 aromatic heterocycles. The molecule has 5 heteroatoms. The Morgan fingerprint density at radius 2 is 1.85 bits per heavy atom. The molecule has 5 nitrogen and oxygen atoms in total. The highest BCUT2D eigenvalue weighted by Crippen LogP contribution is 2.24. The minimum atomic E-state index is -0.0641. The van der Waals surface area contributed by atoms with Crippen LogP contribution < -0.4 is 10.1 Å². The van der Waals surface area contributed by atoms with E-state index in [1.165, 1.54) is 31.2 Å². The van der Waals surface area contributed by atoms with Crippen molar-refractivity contribution >= 4 is 5.91 Å². The molecule has 0 spiro atoms. The van der Waals surface area contributed by atoms with Crippen LogP contribution in [0.5, 0.6) is 5.75 Å². The molecule has 2 rings (SSSR count). The molecule has 152 valence electrons. The minimum absolute atomic E-state index is 0.0641. The van der Waals surface area contributed by atoms with E-state index in [4.69, 9.17) is 4.74 Å². The standard InChI is InChI=1S/C22H37N3O2/c1-5-24(6-2)21(19-12-11-13-20(16-19)27-4)17-23-22(26)18(3)25-14-9-7-8-10-15-25/h11-13,16,18,21H,5-10,14-15,17H2,1-4H3,(H,23,26). The Kier molecular flexibility index (Phi) is 9.08. The van der Waals surface area contributed by atoms with Gasteiger partial charge in [-0.25, -0.2) is 0 Å². The molecule has 1 aliphatic heterocycles. The van der Waals surface area contributed by atoms with Gasteiger partial charge in [0.15, 0.2) is 0 Å². The van der Waals surface area contributed by atoms with Gasteiger partial charge in [0.1, 0.15) is 5.75 Å². The smallest absolute Gasteiger partial charge is 0.237 e. The Hall–Kier alpha value is -1.59. The zero-order chi connectivity index (χ0) is 19.6. The van der Waals surface area contributed by atoms with E-state index >= 15 is 0 Å². The molecule has 2 atom stereocenters. The Morgan fingerprint density at radius 3 is 2.44 bits per heavy atom. The lowest BCUT2D eigenvalue weighted by atomic mass is 10.0. The molecule has 1 fully saturated rings. The second-order valence-electron chi connectivity index (χ2n) is 7.38. The van der Waals surface area contributed by atoms with Gasteiger partial charge in [-0.05, 0) is 63.6 Å². The predicted molar refractivity (Wildman–Crippen MR) is 111 cm³/mol. The van der Waals surface area contributed by atoms with E-state index in [2.05, 4.69) is 41.1 Å². The fraction of sp³-hybridized carbons (Fsp3) is 0.682. The normalized spacial score (nSPS) is 18.0. The lowest BCUT2D eigenvalue weighted by molar-refractivity contribution is -0.126. The van der Waals surface area contributed by atoms with Crippen LogP contribution in [-0.4, -0.2) is 61.6 Å². The number of hydrogen-bond donors (Lipinski definition) is 1. The molecule has 0 saturated carbocycles. The first-order chi connectivity index (χ1) is 13.1. The van der Waals surface area contributed by atoms with Gasteiger partial charge >= 0.3 is 0 Å². The molecule has 0 bridgehead atoms. The molecule has 1 amide bonds. The quantitative estimate of drug-likeness (QED) is 0.718. The Bertz CT molecular complexity index is 566. The first kappa shape index (κ1) is 21.7. The summed E-state index contributed by atoms with van der Waals surface area (Å²) in [7, 11) is 1.69. The molecular formula is C22H37N3O2. The van der Waals surface area contributed by atoms with E-state index in [0.29, 0.717) is 6.54 Å². The molecule has 1 aromatic carbocycles. The first-order valence-electron chi connectivity index (χ1n) is 10.5. The summed E-state index contributed by atoms with van der Waals surface area (Å²) >= 11 is 0. The number of carbonyl (C=O) groups is 1. The molecule has 2 unspecified atom stereocenters. The van der Waals surface area contributed by atoms with Crippen LogP contribution in [0, 0.1) is 0 Å². The Balaban J connectivity index is 2.04. The highest BCUT2D eigenvalue weighted by molar-refractivity contribution is 5.81. The maximum atomic E-state index is 12.8. The summed E-state index contributed by atoms with van der Waals surface area (Å²) in [6.07, 6.45) is 4.96. The van der Waals surface area contributed by atoms with E-state index in [0.717, 1.165) is 31.9 Å². The van der Waals surface area contributed by atoms with Gasteiger partial charge in [-0.1, -0.05) is 38.8 Å². The van der Waals surface area contributed by atoms with Crippen LogP contribution in [0.15, 0.2) is 24.3 Å². The topological polar surface area (TPSA) is 44.8 Å². The third kappa shape index (κ3) is 6.22. The number of nitrogens with zero attached hydrogens (tertiary/aromatic N) is 2. The number of rotatable bonds is 9. The lowest BCUT2D eigenvalue weighted by Crippen LogP contribution is -2.47. The predicted octanol–water partition coefficient (Wildman–Crippen LogP) is 3.46. The summed E-state index contributed by atoms with van der Waals surface area (Å²) in [5.41, 5.74) is 1.18. The van der Waals surface area contributed by atoms with Crippen LogP contribution in [0.2, 0.25) is 0 Å². The van der Waals surface area contributed by atoms with Gasteiger partial charge in [-0.3, -0.25) is 14.6 Å². The van der Waals surface area contributed by atoms with Crippen molar-refractivity contribution in [2.75, 3.05) is 39.8 Å². The van der Waals surface area contributed by atoms with Crippen molar-refractivity contribution in [1.82, 2.24) is 15.1 Å². The van der Waals surface area contributed by atoms with Gasteiger partial charge in [0.2, 0.25) is 5.91 Å². The molecule has 1 N–H and O–H groups in total. The van der Waals surface area contributed by atoms with Gasteiger partial charge in [0.05, 0.1) is 19.2 Å². The summed E-state index contributed by atoms with van der Waals surface area (Å²) in [6, 6.07) is 8.26. The van der Waals surface area contributed by atoms with Crippen molar-refractivity contribution < 1.29 is 9.53 Å². The third-order valence-corrected chi connectivity index (χ3v) is 5.77. The molecule has 0 aliphatic carbocycles.